The van der Waals surface area contributed by atoms with Crippen LogP contribution in [0.2, 0.25) is 0 Å². The summed E-state index contributed by atoms with van der Waals surface area (Å²) in [6.45, 7) is 1.08. The van der Waals surface area contributed by atoms with Gasteiger partial charge in [0.25, 0.3) is 11.7 Å². The van der Waals surface area contributed by atoms with Crippen LogP contribution in [0.4, 0.5) is 4.39 Å². The van der Waals surface area contributed by atoms with Crippen LogP contribution < -0.4 is 0 Å². The molecule has 1 aliphatic rings. The summed E-state index contributed by atoms with van der Waals surface area (Å²) in [5.41, 5.74) is 0.974. The standard InChI is InChI=1S/C21H22FN3O3/c1-24(2)12-3-13-25-18(14-4-6-16(22)7-5-14)17(20(27)21(25)28)19(26)15-8-10-23-11-9-15/h4-11,18,26H,3,12-13H2,1-2H3/t18-/m1/s1. The van der Waals surface area contributed by atoms with E-state index >= 15 is 0 Å². The van der Waals surface area contributed by atoms with E-state index in [1.165, 1.54) is 41.6 Å². The molecule has 1 N–H and O–H groups in total. The predicted octanol–water partition coefficient (Wildman–Crippen LogP) is 2.59. The van der Waals surface area contributed by atoms with Gasteiger partial charge in [-0.25, -0.2) is 4.39 Å². The fraction of sp³-hybridized carbons (Fsp3) is 0.286. The van der Waals surface area contributed by atoms with Gasteiger partial charge < -0.3 is 14.9 Å². The number of nitrogens with zero attached hydrogens (tertiary/aromatic N) is 3. The van der Waals surface area contributed by atoms with Crippen LogP contribution in [0.3, 0.4) is 0 Å². The summed E-state index contributed by atoms with van der Waals surface area (Å²) >= 11 is 0. The minimum Gasteiger partial charge on any atom is -0.507 e. The normalized spacial score (nSPS) is 18.9. The highest BCUT2D eigenvalue weighted by Crippen LogP contribution is 2.39. The van der Waals surface area contributed by atoms with Crippen molar-refractivity contribution in [2.45, 2.75) is 12.5 Å². The van der Waals surface area contributed by atoms with Gasteiger partial charge in [0.1, 0.15) is 11.6 Å². The average molecular weight is 383 g/mol. The van der Waals surface area contributed by atoms with Gasteiger partial charge in [-0.2, -0.15) is 0 Å². The molecule has 1 amide bonds. The van der Waals surface area contributed by atoms with Crippen LogP contribution in [0.1, 0.15) is 23.6 Å². The molecule has 1 atom stereocenters. The maximum Gasteiger partial charge on any atom is 0.295 e. The van der Waals surface area contributed by atoms with Crippen LogP contribution in [0.5, 0.6) is 0 Å². The molecule has 146 valence electrons. The van der Waals surface area contributed by atoms with E-state index in [-0.39, 0.29) is 11.3 Å². The lowest BCUT2D eigenvalue weighted by molar-refractivity contribution is -0.139. The lowest BCUT2D eigenvalue weighted by Gasteiger charge is -2.26. The van der Waals surface area contributed by atoms with Crippen molar-refractivity contribution in [3.05, 3.63) is 71.3 Å². The summed E-state index contributed by atoms with van der Waals surface area (Å²) in [4.78, 5) is 32.8. The van der Waals surface area contributed by atoms with E-state index in [4.69, 9.17) is 0 Å². The third-order valence-corrected chi connectivity index (χ3v) is 4.68. The maximum absolute atomic E-state index is 13.4. The Morgan fingerprint density at radius 3 is 2.39 bits per heavy atom. The summed E-state index contributed by atoms with van der Waals surface area (Å²) in [7, 11) is 3.85. The topological polar surface area (TPSA) is 73.7 Å². The zero-order chi connectivity index (χ0) is 20.3. The molecule has 0 bridgehead atoms. The maximum atomic E-state index is 13.4. The van der Waals surface area contributed by atoms with Crippen molar-refractivity contribution in [1.29, 1.82) is 0 Å². The van der Waals surface area contributed by atoms with Gasteiger partial charge in [0.05, 0.1) is 11.6 Å². The lowest BCUT2D eigenvalue weighted by Crippen LogP contribution is -2.32. The van der Waals surface area contributed by atoms with Gasteiger partial charge in [0, 0.05) is 24.5 Å². The van der Waals surface area contributed by atoms with Crippen LogP contribution in [0.15, 0.2) is 54.4 Å². The molecule has 3 rings (SSSR count). The first-order valence-corrected chi connectivity index (χ1v) is 8.99. The van der Waals surface area contributed by atoms with Gasteiger partial charge in [0.2, 0.25) is 0 Å². The molecule has 2 aromatic rings. The summed E-state index contributed by atoms with van der Waals surface area (Å²) in [6.07, 6.45) is 3.65. The lowest BCUT2D eigenvalue weighted by atomic mass is 9.95. The summed E-state index contributed by atoms with van der Waals surface area (Å²) in [5, 5.41) is 10.8. The zero-order valence-electron chi connectivity index (χ0n) is 15.8. The summed E-state index contributed by atoms with van der Waals surface area (Å²) < 4.78 is 13.4. The van der Waals surface area contributed by atoms with Crippen molar-refractivity contribution in [2.24, 2.45) is 0 Å². The fourth-order valence-corrected chi connectivity index (χ4v) is 3.32. The van der Waals surface area contributed by atoms with E-state index in [0.717, 1.165) is 6.54 Å². The molecule has 1 fully saturated rings. The number of pyridine rings is 1. The molecule has 0 saturated carbocycles. The minimum atomic E-state index is -0.768. The number of hydrogen-bond acceptors (Lipinski definition) is 5. The minimum absolute atomic E-state index is 0.00709. The van der Waals surface area contributed by atoms with Crippen LogP contribution >= 0.6 is 0 Å². The summed E-state index contributed by atoms with van der Waals surface area (Å²) in [5.74, 6) is -2.08. The third kappa shape index (κ3) is 3.94. The largest absolute Gasteiger partial charge is 0.507 e. The molecule has 0 radical (unpaired) electrons. The number of Topliss-reactive ketones (excluding diaryl/α,β-unsaturated/α-hetero) is 1. The fourth-order valence-electron chi connectivity index (χ4n) is 3.32. The van der Waals surface area contributed by atoms with Gasteiger partial charge in [-0.1, -0.05) is 12.1 Å². The Bertz CT molecular complexity index is 895. The van der Waals surface area contributed by atoms with Crippen LogP contribution in [-0.4, -0.2) is 58.8 Å². The highest BCUT2D eigenvalue weighted by atomic mass is 19.1. The van der Waals surface area contributed by atoms with Crippen LogP contribution in [0, 0.1) is 5.82 Å². The number of aliphatic hydroxyl groups is 1. The van der Waals surface area contributed by atoms with E-state index in [0.29, 0.717) is 24.1 Å². The number of hydrogen-bond donors (Lipinski definition) is 1. The number of carbonyl (C=O) groups is 2. The molecule has 1 aliphatic heterocycles. The molecular formula is C21H22FN3O3. The van der Waals surface area contributed by atoms with Crippen molar-refractivity contribution in [3.8, 4) is 0 Å². The van der Waals surface area contributed by atoms with Gasteiger partial charge in [-0.15, -0.1) is 0 Å². The molecule has 6 nitrogen and oxygen atoms in total. The number of benzene rings is 1. The zero-order valence-corrected chi connectivity index (χ0v) is 15.8. The number of carbonyl (C=O) groups excluding carboxylic acids is 2. The van der Waals surface area contributed by atoms with E-state index in [1.54, 1.807) is 12.1 Å². The molecule has 1 aromatic heterocycles. The van der Waals surface area contributed by atoms with E-state index < -0.39 is 23.5 Å². The van der Waals surface area contributed by atoms with Crippen LogP contribution in [-0.2, 0) is 9.59 Å². The second kappa shape index (κ2) is 8.31. The van der Waals surface area contributed by atoms with Gasteiger partial charge >= 0.3 is 0 Å². The third-order valence-electron chi connectivity index (χ3n) is 4.68. The quantitative estimate of drug-likeness (QED) is 0.472. The van der Waals surface area contributed by atoms with E-state index in [9.17, 15) is 19.1 Å². The first-order valence-electron chi connectivity index (χ1n) is 8.99. The van der Waals surface area contributed by atoms with Crippen LogP contribution in [0.25, 0.3) is 5.76 Å². The average Bonchev–Trinajstić information content (AvgIpc) is 2.93. The van der Waals surface area contributed by atoms with Gasteiger partial charge in [0.15, 0.2) is 0 Å². The monoisotopic (exact) mass is 383 g/mol. The molecule has 1 saturated heterocycles. The summed E-state index contributed by atoms with van der Waals surface area (Å²) in [6, 6.07) is 7.99. The van der Waals surface area contributed by atoms with Crippen molar-refractivity contribution >= 4 is 17.4 Å². The highest BCUT2D eigenvalue weighted by Gasteiger charge is 2.45. The number of likely N-dealkylation sites (tertiary alicyclic amines) is 1. The predicted molar refractivity (Wildman–Crippen MR) is 103 cm³/mol. The first-order chi connectivity index (χ1) is 13.4. The number of aliphatic hydroxyl groups excluding tert-OH is 1. The van der Waals surface area contributed by atoms with Crippen molar-refractivity contribution in [1.82, 2.24) is 14.8 Å². The number of ketones is 1. The number of halogens is 1. The Labute approximate surface area is 162 Å². The Balaban J connectivity index is 2.07. The second-order valence-corrected chi connectivity index (χ2v) is 6.94. The Hall–Kier alpha value is -3.06. The van der Waals surface area contributed by atoms with Gasteiger partial charge in [-0.3, -0.25) is 14.6 Å². The molecule has 0 aliphatic carbocycles. The molecule has 28 heavy (non-hydrogen) atoms. The Kier molecular flexibility index (Phi) is 5.84. The molecule has 1 aromatic carbocycles. The molecule has 0 spiro atoms. The number of aromatic nitrogens is 1. The van der Waals surface area contributed by atoms with Crippen molar-refractivity contribution in [3.63, 3.8) is 0 Å². The molecule has 0 unspecified atom stereocenters. The molecular weight excluding hydrogens is 361 g/mol. The molecule has 2 heterocycles. The first kappa shape index (κ1) is 19.7. The number of rotatable bonds is 6. The van der Waals surface area contributed by atoms with E-state index in [2.05, 4.69) is 4.98 Å². The highest BCUT2D eigenvalue weighted by molar-refractivity contribution is 6.46. The molecule has 7 heteroatoms. The Morgan fingerprint density at radius 2 is 1.79 bits per heavy atom. The van der Waals surface area contributed by atoms with E-state index in [1.807, 2.05) is 19.0 Å². The SMILES string of the molecule is CN(C)CCCN1C(=O)C(=O)C(=C(O)c2ccncc2)[C@H]1c1ccc(F)cc1. The van der Waals surface area contributed by atoms with Crippen molar-refractivity contribution in [2.75, 3.05) is 27.2 Å². The van der Waals surface area contributed by atoms with Crippen molar-refractivity contribution < 1.29 is 19.1 Å². The number of amides is 1. The smallest absolute Gasteiger partial charge is 0.295 e. The second-order valence-electron chi connectivity index (χ2n) is 6.94. The van der Waals surface area contributed by atoms with Gasteiger partial charge in [-0.05, 0) is 56.9 Å². The Morgan fingerprint density at radius 1 is 1.14 bits per heavy atom.